The summed E-state index contributed by atoms with van der Waals surface area (Å²) in [4.78, 5) is 26.8. The first kappa shape index (κ1) is 25.0. The van der Waals surface area contributed by atoms with E-state index in [9.17, 15) is 9.59 Å². The van der Waals surface area contributed by atoms with Gasteiger partial charge in [0, 0.05) is 35.7 Å². The second kappa shape index (κ2) is 11.6. The van der Waals surface area contributed by atoms with Gasteiger partial charge in [-0.3, -0.25) is 9.48 Å². The van der Waals surface area contributed by atoms with Gasteiger partial charge in [-0.1, -0.05) is 49.6 Å². The highest BCUT2D eigenvalue weighted by molar-refractivity contribution is 5.95. The van der Waals surface area contributed by atoms with E-state index < -0.39 is 18.3 Å². The molecule has 1 amide bonds. The maximum atomic E-state index is 15.7. The number of amides is 1. The number of anilines is 1. The lowest BCUT2D eigenvalue weighted by Crippen LogP contribution is -2.37. The van der Waals surface area contributed by atoms with Gasteiger partial charge >= 0.3 is 5.97 Å². The molecule has 0 radical (unpaired) electrons. The van der Waals surface area contributed by atoms with Gasteiger partial charge in [0.25, 0.3) is 0 Å². The average Bonchev–Trinajstić information content (AvgIpc) is 3.36. The summed E-state index contributed by atoms with van der Waals surface area (Å²) in [5, 5.41) is 5.22. The molecule has 3 aromatic carbocycles. The molecule has 5 rings (SSSR count). The van der Waals surface area contributed by atoms with Crippen molar-refractivity contribution in [3.05, 3.63) is 89.9 Å². The van der Waals surface area contributed by atoms with Crippen LogP contribution in [0.3, 0.4) is 0 Å². The van der Waals surface area contributed by atoms with Crippen molar-refractivity contribution in [1.82, 2.24) is 9.78 Å². The Hall–Kier alpha value is -4.26. The van der Waals surface area contributed by atoms with Crippen LogP contribution in [0.5, 0.6) is 0 Å². The predicted octanol–water partition coefficient (Wildman–Crippen LogP) is 6.68. The molecule has 0 aliphatic heterocycles. The normalized spacial score (nSPS) is 15.3. The minimum Gasteiger partial charge on any atom is -0.466 e. The second-order valence-corrected chi connectivity index (χ2v) is 9.90. The van der Waals surface area contributed by atoms with E-state index in [1.807, 2.05) is 25.2 Å². The minimum atomic E-state index is -1.29. The zero-order chi connectivity index (χ0) is 28.2. The van der Waals surface area contributed by atoms with Crippen molar-refractivity contribution >= 4 is 34.5 Å². The second-order valence-electron chi connectivity index (χ2n) is 9.90. The van der Waals surface area contributed by atoms with Crippen LogP contribution in [0, 0.1) is 11.7 Å². The van der Waals surface area contributed by atoms with Crippen LogP contribution in [-0.2, 0) is 27.9 Å². The summed E-state index contributed by atoms with van der Waals surface area (Å²) in [6.07, 6.45) is 9.16. The van der Waals surface area contributed by atoms with Crippen LogP contribution >= 0.6 is 0 Å². The lowest BCUT2D eigenvalue weighted by Gasteiger charge is -2.30. The van der Waals surface area contributed by atoms with Gasteiger partial charge in [0.15, 0.2) is 0 Å². The Morgan fingerprint density at radius 3 is 2.64 bits per heavy atom. The number of carbonyl (C=O) groups excluding carboxylic acids is 2. The Balaban J connectivity index is 1.49. The number of carbonyl (C=O) groups is 2. The SMILES string of the molecule is [2H]C(c1ccc(-c2ccc3c(cnn3C)c2)cc1F)N(C(=O)C1CCCCC1)c1cccc(/C=C/C(=O)OC)c1. The smallest absolute Gasteiger partial charge is 0.330 e. The lowest BCUT2D eigenvalue weighted by atomic mass is 9.88. The fourth-order valence-electron chi connectivity index (χ4n) is 5.12. The standard InChI is InChI=1S/C32H32FN3O3/c1-35-30-15-14-24(18-27(30)20-34-35)25-12-13-26(29(33)19-25)21-36(32(38)23-8-4-3-5-9-23)28-10-6-7-22(17-28)11-16-31(37)39-2/h6-7,10-20,23H,3-5,8-9,21H2,1-2H3/b16-11+/i21D. The Kier molecular flexibility index (Phi) is 7.47. The van der Waals surface area contributed by atoms with E-state index in [0.29, 0.717) is 16.8 Å². The van der Waals surface area contributed by atoms with Crippen molar-refractivity contribution in [3.63, 3.8) is 0 Å². The molecule has 1 atom stereocenters. The molecule has 1 heterocycles. The van der Waals surface area contributed by atoms with Gasteiger partial charge in [-0.05, 0) is 65.9 Å². The van der Waals surface area contributed by atoms with Crippen molar-refractivity contribution in [2.75, 3.05) is 12.0 Å². The fraction of sp³-hybridized carbons (Fsp3) is 0.281. The van der Waals surface area contributed by atoms with Crippen LogP contribution in [-0.4, -0.2) is 28.8 Å². The number of aromatic nitrogens is 2. The van der Waals surface area contributed by atoms with E-state index >= 15 is 4.39 Å². The van der Waals surface area contributed by atoms with Gasteiger partial charge in [-0.15, -0.1) is 0 Å². The third-order valence-corrected chi connectivity index (χ3v) is 7.30. The molecule has 1 aliphatic carbocycles. The van der Waals surface area contributed by atoms with Gasteiger partial charge in [0.1, 0.15) is 5.82 Å². The van der Waals surface area contributed by atoms with Crippen molar-refractivity contribution in [2.24, 2.45) is 13.0 Å². The number of nitrogens with zero attached hydrogens (tertiary/aromatic N) is 3. The molecular weight excluding hydrogens is 493 g/mol. The van der Waals surface area contributed by atoms with Crippen LogP contribution in [0.4, 0.5) is 10.1 Å². The van der Waals surface area contributed by atoms with Crippen LogP contribution < -0.4 is 4.90 Å². The van der Waals surface area contributed by atoms with Crippen molar-refractivity contribution < 1.29 is 20.1 Å². The zero-order valence-corrected chi connectivity index (χ0v) is 22.1. The van der Waals surface area contributed by atoms with E-state index in [1.165, 1.54) is 24.2 Å². The van der Waals surface area contributed by atoms with Crippen molar-refractivity contribution in [1.29, 1.82) is 0 Å². The molecule has 1 fully saturated rings. The van der Waals surface area contributed by atoms with Crippen LogP contribution in [0.15, 0.2) is 72.9 Å². The number of halogens is 1. The summed E-state index contributed by atoms with van der Waals surface area (Å²) < 4.78 is 31.2. The molecule has 0 bridgehead atoms. The largest absolute Gasteiger partial charge is 0.466 e. The lowest BCUT2D eigenvalue weighted by molar-refractivity contribution is -0.134. The molecule has 1 unspecified atom stereocenters. The molecule has 4 aromatic rings. The summed E-state index contributed by atoms with van der Waals surface area (Å²) in [7, 11) is 3.17. The highest BCUT2D eigenvalue weighted by atomic mass is 19.1. The first-order valence-corrected chi connectivity index (χ1v) is 13.2. The quantitative estimate of drug-likeness (QED) is 0.199. The van der Waals surface area contributed by atoms with Gasteiger partial charge in [0.05, 0.1) is 26.7 Å². The number of hydrogen-bond donors (Lipinski definition) is 0. The molecular formula is C32H32FN3O3. The van der Waals surface area contributed by atoms with Crippen LogP contribution in [0.1, 0.15) is 44.6 Å². The van der Waals surface area contributed by atoms with Gasteiger partial charge in [-0.25, -0.2) is 9.18 Å². The van der Waals surface area contributed by atoms with E-state index in [1.54, 1.807) is 53.4 Å². The summed E-state index contributed by atoms with van der Waals surface area (Å²) in [6.45, 7) is -1.29. The third kappa shape index (κ3) is 5.93. The summed E-state index contributed by atoms with van der Waals surface area (Å²) in [5.41, 5.74) is 3.76. The summed E-state index contributed by atoms with van der Waals surface area (Å²) in [5.74, 6) is -1.44. The number of methoxy groups -OCH3 is 1. The fourth-order valence-corrected chi connectivity index (χ4v) is 5.12. The molecule has 0 N–H and O–H groups in total. The number of hydrogen-bond acceptors (Lipinski definition) is 4. The van der Waals surface area contributed by atoms with E-state index in [4.69, 9.17) is 1.37 Å². The average molecular weight is 527 g/mol. The number of fused-ring (bicyclic) bond motifs is 1. The molecule has 1 saturated carbocycles. The zero-order valence-electron chi connectivity index (χ0n) is 23.1. The Labute approximate surface area is 229 Å². The number of aryl methyl sites for hydroxylation is 1. The predicted molar refractivity (Wildman–Crippen MR) is 151 cm³/mol. The first-order chi connectivity index (χ1) is 19.4. The van der Waals surface area contributed by atoms with E-state index in [0.717, 1.165) is 48.6 Å². The van der Waals surface area contributed by atoms with Crippen LogP contribution in [0.25, 0.3) is 28.1 Å². The monoisotopic (exact) mass is 526 g/mol. The van der Waals surface area contributed by atoms with E-state index in [2.05, 4.69) is 9.84 Å². The van der Waals surface area contributed by atoms with Gasteiger partial charge < -0.3 is 9.64 Å². The molecule has 6 nitrogen and oxygen atoms in total. The molecule has 1 aliphatic rings. The van der Waals surface area contributed by atoms with Crippen LogP contribution in [0.2, 0.25) is 0 Å². The Morgan fingerprint density at radius 2 is 1.87 bits per heavy atom. The number of esters is 1. The molecule has 39 heavy (non-hydrogen) atoms. The topological polar surface area (TPSA) is 64.4 Å². The molecule has 200 valence electrons. The Morgan fingerprint density at radius 1 is 1.10 bits per heavy atom. The first-order valence-electron chi connectivity index (χ1n) is 13.8. The number of ether oxygens (including phenoxy) is 1. The molecule has 0 saturated heterocycles. The highest BCUT2D eigenvalue weighted by Gasteiger charge is 2.28. The van der Waals surface area contributed by atoms with E-state index in [-0.39, 0.29) is 17.4 Å². The van der Waals surface area contributed by atoms with Gasteiger partial charge in [-0.2, -0.15) is 5.10 Å². The maximum absolute atomic E-state index is 15.7. The van der Waals surface area contributed by atoms with Crippen molar-refractivity contribution in [2.45, 2.75) is 38.6 Å². The minimum absolute atomic E-state index is 0.117. The summed E-state index contributed by atoms with van der Waals surface area (Å²) >= 11 is 0. The number of rotatable bonds is 7. The summed E-state index contributed by atoms with van der Waals surface area (Å²) in [6, 6.07) is 17.7. The highest BCUT2D eigenvalue weighted by Crippen LogP contribution is 2.31. The molecule has 0 spiro atoms. The third-order valence-electron chi connectivity index (χ3n) is 7.30. The Bertz CT molecular complexity index is 1570. The van der Waals surface area contributed by atoms with Crippen molar-refractivity contribution in [3.8, 4) is 11.1 Å². The number of benzene rings is 3. The molecule has 7 heteroatoms. The molecule has 1 aromatic heterocycles. The van der Waals surface area contributed by atoms with Gasteiger partial charge in [0.2, 0.25) is 5.91 Å². The maximum Gasteiger partial charge on any atom is 0.330 e.